The minimum atomic E-state index is -0.630. The molecule has 1 aromatic heterocycles. The van der Waals surface area contributed by atoms with E-state index in [1.165, 1.54) is 18.7 Å². The van der Waals surface area contributed by atoms with Crippen LogP contribution in [0.2, 0.25) is 0 Å². The van der Waals surface area contributed by atoms with Gasteiger partial charge in [0.15, 0.2) is 0 Å². The molecule has 0 unspecified atom stereocenters. The third-order valence-corrected chi connectivity index (χ3v) is 4.46. The molecule has 0 radical (unpaired) electrons. The van der Waals surface area contributed by atoms with Crippen LogP contribution in [0.3, 0.4) is 0 Å². The van der Waals surface area contributed by atoms with Crippen molar-refractivity contribution in [1.29, 1.82) is 0 Å². The molecule has 6 heteroatoms. The maximum Gasteiger partial charge on any atom is 0.252 e. The Labute approximate surface area is 129 Å². The molecule has 1 fully saturated rings. The molecule has 1 aliphatic rings. The fourth-order valence-corrected chi connectivity index (χ4v) is 3.07. The summed E-state index contributed by atoms with van der Waals surface area (Å²) in [5, 5.41) is 2.99. The first-order chi connectivity index (χ1) is 10.0. The standard InChI is InChI=1S/C15H21N3O2S/c16-14(21)15(7-4-2-1-3-5-8-15)18-13(20)11-6-9-17-12(19)10-11/h6,9-10H,1-5,7-8H2,(H2,16,21)(H,17,19)(H,18,20). The summed E-state index contributed by atoms with van der Waals surface area (Å²) in [5.74, 6) is -0.297. The fraction of sp³-hybridized carbons (Fsp3) is 0.533. The van der Waals surface area contributed by atoms with Crippen molar-refractivity contribution in [2.75, 3.05) is 0 Å². The zero-order valence-electron chi connectivity index (χ0n) is 12.0. The monoisotopic (exact) mass is 307 g/mol. The van der Waals surface area contributed by atoms with Gasteiger partial charge < -0.3 is 16.0 Å². The van der Waals surface area contributed by atoms with Gasteiger partial charge in [-0.15, -0.1) is 0 Å². The Kier molecular flexibility index (Phi) is 5.12. The van der Waals surface area contributed by atoms with E-state index >= 15 is 0 Å². The highest BCUT2D eigenvalue weighted by atomic mass is 32.1. The molecular formula is C15H21N3O2S. The van der Waals surface area contributed by atoms with Crippen molar-refractivity contribution in [3.05, 3.63) is 34.2 Å². The fourth-order valence-electron chi connectivity index (χ4n) is 2.82. The lowest BCUT2D eigenvalue weighted by Crippen LogP contribution is -2.57. The molecule has 1 saturated carbocycles. The van der Waals surface area contributed by atoms with E-state index in [1.807, 2.05) is 0 Å². The smallest absolute Gasteiger partial charge is 0.252 e. The van der Waals surface area contributed by atoms with Crippen LogP contribution in [-0.2, 0) is 0 Å². The number of H-pyrrole nitrogens is 1. The lowest BCUT2D eigenvalue weighted by Gasteiger charge is -2.35. The van der Waals surface area contributed by atoms with Crippen LogP contribution in [0, 0.1) is 0 Å². The number of hydrogen-bond donors (Lipinski definition) is 3. The normalized spacial score (nSPS) is 18.3. The summed E-state index contributed by atoms with van der Waals surface area (Å²) >= 11 is 5.22. The maximum absolute atomic E-state index is 12.4. The first-order valence-electron chi connectivity index (χ1n) is 7.35. The van der Waals surface area contributed by atoms with E-state index < -0.39 is 5.54 Å². The Morgan fingerprint density at radius 1 is 1.24 bits per heavy atom. The van der Waals surface area contributed by atoms with Crippen LogP contribution < -0.4 is 16.6 Å². The maximum atomic E-state index is 12.4. The number of nitrogens with two attached hydrogens (primary N) is 1. The van der Waals surface area contributed by atoms with Crippen LogP contribution in [0.1, 0.15) is 55.3 Å². The van der Waals surface area contributed by atoms with Gasteiger partial charge in [-0.2, -0.15) is 0 Å². The number of hydrogen-bond acceptors (Lipinski definition) is 3. The van der Waals surface area contributed by atoms with Gasteiger partial charge >= 0.3 is 0 Å². The van der Waals surface area contributed by atoms with Crippen LogP contribution in [0.5, 0.6) is 0 Å². The lowest BCUT2D eigenvalue weighted by atomic mass is 9.83. The van der Waals surface area contributed by atoms with E-state index in [2.05, 4.69) is 10.3 Å². The lowest BCUT2D eigenvalue weighted by molar-refractivity contribution is 0.0912. The topological polar surface area (TPSA) is 88.0 Å². The zero-order valence-corrected chi connectivity index (χ0v) is 12.8. The minimum Gasteiger partial charge on any atom is -0.391 e. The number of aromatic amines is 1. The summed E-state index contributed by atoms with van der Waals surface area (Å²) in [4.78, 5) is 26.5. The Morgan fingerprint density at radius 3 is 2.43 bits per heavy atom. The first kappa shape index (κ1) is 15.7. The Balaban J connectivity index is 2.20. The van der Waals surface area contributed by atoms with Crippen molar-refractivity contribution in [3.63, 3.8) is 0 Å². The Bertz CT molecular complexity index is 574. The van der Waals surface area contributed by atoms with E-state index in [-0.39, 0.29) is 11.5 Å². The quantitative estimate of drug-likeness (QED) is 0.744. The van der Waals surface area contributed by atoms with E-state index in [9.17, 15) is 9.59 Å². The Morgan fingerprint density at radius 2 is 1.86 bits per heavy atom. The summed E-state index contributed by atoms with van der Waals surface area (Å²) in [5.41, 5.74) is 5.33. The molecule has 21 heavy (non-hydrogen) atoms. The summed E-state index contributed by atoms with van der Waals surface area (Å²) in [6.45, 7) is 0. The van der Waals surface area contributed by atoms with E-state index in [0.717, 1.165) is 38.5 Å². The van der Waals surface area contributed by atoms with Crippen LogP contribution >= 0.6 is 12.2 Å². The second kappa shape index (κ2) is 6.85. The average molecular weight is 307 g/mol. The van der Waals surface area contributed by atoms with E-state index in [0.29, 0.717) is 10.6 Å². The van der Waals surface area contributed by atoms with Crippen molar-refractivity contribution >= 4 is 23.1 Å². The van der Waals surface area contributed by atoms with Crippen LogP contribution in [-0.4, -0.2) is 21.4 Å². The number of pyridine rings is 1. The third-order valence-electron chi connectivity index (χ3n) is 4.07. The molecule has 0 spiro atoms. The van der Waals surface area contributed by atoms with Gasteiger partial charge in [0.25, 0.3) is 5.91 Å². The highest BCUT2D eigenvalue weighted by molar-refractivity contribution is 7.80. The minimum absolute atomic E-state index is 0.297. The molecule has 0 aliphatic heterocycles. The molecule has 1 amide bonds. The van der Waals surface area contributed by atoms with Crippen molar-refractivity contribution in [1.82, 2.24) is 10.3 Å². The van der Waals surface area contributed by atoms with E-state index in [4.69, 9.17) is 18.0 Å². The molecular weight excluding hydrogens is 286 g/mol. The number of aromatic nitrogens is 1. The number of amides is 1. The predicted octanol–water partition coefficient (Wildman–Crippen LogP) is 1.87. The second-order valence-corrected chi connectivity index (χ2v) is 6.05. The van der Waals surface area contributed by atoms with Crippen molar-refractivity contribution in [3.8, 4) is 0 Å². The first-order valence-corrected chi connectivity index (χ1v) is 7.75. The van der Waals surface area contributed by atoms with Gasteiger partial charge in [-0.25, -0.2) is 0 Å². The van der Waals surface area contributed by atoms with Gasteiger partial charge in [-0.1, -0.05) is 44.3 Å². The van der Waals surface area contributed by atoms with Gasteiger partial charge in [-0.3, -0.25) is 9.59 Å². The summed E-state index contributed by atoms with van der Waals surface area (Å²) in [6, 6.07) is 2.86. The van der Waals surface area contributed by atoms with Crippen molar-refractivity contribution in [2.24, 2.45) is 5.73 Å². The Hall–Kier alpha value is -1.69. The molecule has 1 heterocycles. The van der Waals surface area contributed by atoms with Gasteiger partial charge in [0.05, 0.1) is 10.5 Å². The third kappa shape index (κ3) is 3.91. The van der Waals surface area contributed by atoms with Crippen LogP contribution in [0.15, 0.2) is 23.1 Å². The number of thiocarbonyl (C=S) groups is 1. The molecule has 1 aliphatic carbocycles. The number of carbonyl (C=O) groups excluding carboxylic acids is 1. The van der Waals surface area contributed by atoms with E-state index in [1.54, 1.807) is 6.07 Å². The SMILES string of the molecule is NC(=S)C1(NC(=O)c2cc[nH]c(=O)c2)CCCCCCC1. The van der Waals surface area contributed by atoms with Crippen molar-refractivity contribution < 1.29 is 4.79 Å². The second-order valence-electron chi connectivity index (χ2n) is 5.61. The van der Waals surface area contributed by atoms with Gasteiger partial charge in [0.2, 0.25) is 5.56 Å². The molecule has 1 aromatic rings. The summed E-state index contributed by atoms with van der Waals surface area (Å²) < 4.78 is 0. The molecule has 0 aromatic carbocycles. The number of carbonyl (C=O) groups is 1. The molecule has 0 bridgehead atoms. The number of nitrogens with one attached hydrogen (secondary N) is 2. The van der Waals surface area contributed by atoms with Crippen LogP contribution in [0.25, 0.3) is 0 Å². The molecule has 0 atom stereocenters. The van der Waals surface area contributed by atoms with Crippen molar-refractivity contribution in [2.45, 2.75) is 50.5 Å². The molecule has 114 valence electrons. The number of rotatable bonds is 3. The average Bonchev–Trinajstić information content (AvgIpc) is 2.41. The summed E-state index contributed by atoms with van der Waals surface area (Å²) in [7, 11) is 0. The zero-order chi connectivity index (χ0) is 15.3. The molecule has 4 N–H and O–H groups in total. The highest BCUT2D eigenvalue weighted by Gasteiger charge is 2.35. The highest BCUT2D eigenvalue weighted by Crippen LogP contribution is 2.27. The van der Waals surface area contributed by atoms with Gasteiger partial charge in [0, 0.05) is 17.8 Å². The molecule has 2 rings (SSSR count). The van der Waals surface area contributed by atoms with Crippen LogP contribution in [0.4, 0.5) is 0 Å². The largest absolute Gasteiger partial charge is 0.391 e. The predicted molar refractivity (Wildman–Crippen MR) is 86.4 cm³/mol. The molecule has 5 nitrogen and oxygen atoms in total. The van der Waals surface area contributed by atoms with Gasteiger partial charge in [-0.05, 0) is 18.9 Å². The van der Waals surface area contributed by atoms with Gasteiger partial charge in [0.1, 0.15) is 0 Å². The molecule has 0 saturated heterocycles. The summed E-state index contributed by atoms with van der Waals surface area (Å²) in [6.07, 6.45) is 8.45.